The number of nitrogens with zero attached hydrogens (tertiary/aromatic N) is 1. The second-order valence-corrected chi connectivity index (χ2v) is 9.57. The molecule has 4 nitrogen and oxygen atoms in total. The largest absolute Gasteiger partial charge is 0.236 e. The fourth-order valence-corrected chi connectivity index (χ4v) is 4.90. The van der Waals surface area contributed by atoms with Gasteiger partial charge in [-0.2, -0.15) is 0 Å². The highest BCUT2D eigenvalue weighted by Crippen LogP contribution is 2.30. The summed E-state index contributed by atoms with van der Waals surface area (Å²) in [7, 11) is -3.14. The number of nitrogens with one attached hydrogen (secondary N) is 1. The van der Waals surface area contributed by atoms with E-state index in [4.69, 9.17) is 4.98 Å². The van der Waals surface area contributed by atoms with Gasteiger partial charge in [0.25, 0.3) is 0 Å². The Morgan fingerprint density at radius 3 is 2.35 bits per heavy atom. The van der Waals surface area contributed by atoms with E-state index in [9.17, 15) is 8.42 Å². The molecule has 0 aliphatic heterocycles. The van der Waals surface area contributed by atoms with Crippen LogP contribution in [-0.4, -0.2) is 18.7 Å². The lowest BCUT2D eigenvalue weighted by Crippen LogP contribution is -2.26. The van der Waals surface area contributed by atoms with Crippen molar-refractivity contribution in [2.45, 2.75) is 31.6 Å². The Morgan fingerprint density at radius 2 is 1.69 bits per heavy atom. The SMILES string of the molecule is Cc1ccc(-c2csc(-c3ccc(CNS(=O)(=O)C4CC4)cc3)n2)cc1. The second kappa shape index (κ2) is 6.95. The van der Waals surface area contributed by atoms with Gasteiger partial charge in [0.15, 0.2) is 0 Å². The zero-order valence-electron chi connectivity index (χ0n) is 14.5. The Kier molecular flexibility index (Phi) is 4.65. The Balaban J connectivity index is 1.46. The molecule has 1 aliphatic rings. The Bertz CT molecular complexity index is 1000. The molecule has 0 saturated heterocycles. The minimum atomic E-state index is -3.14. The van der Waals surface area contributed by atoms with E-state index in [0.717, 1.165) is 40.2 Å². The number of rotatable bonds is 6. The van der Waals surface area contributed by atoms with E-state index in [2.05, 4.69) is 41.3 Å². The van der Waals surface area contributed by atoms with Crippen molar-refractivity contribution in [2.24, 2.45) is 0 Å². The van der Waals surface area contributed by atoms with Crippen LogP contribution in [0.3, 0.4) is 0 Å². The summed E-state index contributed by atoms with van der Waals surface area (Å²) in [6.45, 7) is 2.41. The highest BCUT2D eigenvalue weighted by atomic mass is 32.2. The molecule has 6 heteroatoms. The molecule has 1 aliphatic carbocycles. The van der Waals surface area contributed by atoms with Gasteiger partial charge >= 0.3 is 0 Å². The van der Waals surface area contributed by atoms with Gasteiger partial charge in [-0.3, -0.25) is 0 Å². The fraction of sp³-hybridized carbons (Fsp3) is 0.250. The van der Waals surface area contributed by atoms with Crippen LogP contribution < -0.4 is 4.72 Å². The molecule has 0 radical (unpaired) electrons. The summed E-state index contributed by atoms with van der Waals surface area (Å²) in [5.41, 5.74) is 5.32. The van der Waals surface area contributed by atoms with Crippen LogP contribution in [0, 0.1) is 6.92 Å². The van der Waals surface area contributed by atoms with E-state index >= 15 is 0 Å². The Morgan fingerprint density at radius 1 is 1.04 bits per heavy atom. The van der Waals surface area contributed by atoms with E-state index in [1.807, 2.05) is 24.3 Å². The molecule has 0 amide bonds. The third-order valence-corrected chi connectivity index (χ3v) is 7.28. The van der Waals surface area contributed by atoms with E-state index in [0.29, 0.717) is 6.54 Å². The molecule has 134 valence electrons. The molecular weight excluding hydrogens is 364 g/mol. The maximum atomic E-state index is 11.9. The predicted octanol–water partition coefficient (Wildman–Crippen LogP) is 4.37. The number of thiazole rings is 1. The highest BCUT2D eigenvalue weighted by Gasteiger charge is 2.35. The zero-order chi connectivity index (χ0) is 18.1. The van der Waals surface area contributed by atoms with Crippen molar-refractivity contribution in [3.63, 3.8) is 0 Å². The van der Waals surface area contributed by atoms with Crippen LogP contribution in [0.25, 0.3) is 21.8 Å². The van der Waals surface area contributed by atoms with Gasteiger partial charge in [0.1, 0.15) is 5.01 Å². The molecule has 1 saturated carbocycles. The van der Waals surface area contributed by atoms with Crippen molar-refractivity contribution in [2.75, 3.05) is 0 Å². The normalized spacial score (nSPS) is 14.5. The van der Waals surface area contributed by atoms with Crippen LogP contribution in [0.4, 0.5) is 0 Å². The van der Waals surface area contributed by atoms with Crippen molar-refractivity contribution in [1.29, 1.82) is 0 Å². The maximum absolute atomic E-state index is 11.9. The number of hydrogen-bond acceptors (Lipinski definition) is 4. The van der Waals surface area contributed by atoms with Crippen LogP contribution in [0.15, 0.2) is 53.9 Å². The molecule has 1 aromatic heterocycles. The smallest absolute Gasteiger partial charge is 0.214 e. The van der Waals surface area contributed by atoms with Gasteiger partial charge in [0, 0.05) is 23.1 Å². The molecule has 1 N–H and O–H groups in total. The fourth-order valence-electron chi connectivity index (χ4n) is 2.71. The molecule has 0 bridgehead atoms. The monoisotopic (exact) mass is 384 g/mol. The zero-order valence-corrected chi connectivity index (χ0v) is 16.1. The molecule has 0 spiro atoms. The van der Waals surface area contributed by atoms with Gasteiger partial charge in [-0.05, 0) is 25.3 Å². The number of hydrogen-bond donors (Lipinski definition) is 1. The molecule has 26 heavy (non-hydrogen) atoms. The first-order valence-electron chi connectivity index (χ1n) is 8.62. The van der Waals surface area contributed by atoms with E-state index < -0.39 is 10.0 Å². The van der Waals surface area contributed by atoms with Crippen LogP contribution in [0.5, 0.6) is 0 Å². The van der Waals surface area contributed by atoms with Crippen molar-refractivity contribution >= 4 is 21.4 Å². The Labute approximate surface area is 158 Å². The Hall–Kier alpha value is -2.02. The lowest BCUT2D eigenvalue weighted by molar-refractivity contribution is 0.580. The van der Waals surface area contributed by atoms with Gasteiger partial charge in [0.2, 0.25) is 10.0 Å². The highest BCUT2D eigenvalue weighted by molar-refractivity contribution is 7.90. The summed E-state index contributed by atoms with van der Waals surface area (Å²) < 4.78 is 26.5. The van der Waals surface area contributed by atoms with Gasteiger partial charge in [0.05, 0.1) is 10.9 Å². The molecule has 3 aromatic rings. The average molecular weight is 385 g/mol. The maximum Gasteiger partial charge on any atom is 0.214 e. The lowest BCUT2D eigenvalue weighted by atomic mass is 10.1. The summed E-state index contributed by atoms with van der Waals surface area (Å²) in [6, 6.07) is 16.3. The van der Waals surface area contributed by atoms with Crippen molar-refractivity contribution in [3.05, 3.63) is 65.0 Å². The molecule has 4 rings (SSSR count). The van der Waals surface area contributed by atoms with Gasteiger partial charge in [-0.15, -0.1) is 11.3 Å². The third kappa shape index (κ3) is 3.87. The second-order valence-electron chi connectivity index (χ2n) is 6.67. The topological polar surface area (TPSA) is 59.1 Å². The van der Waals surface area contributed by atoms with Crippen LogP contribution in [0.2, 0.25) is 0 Å². The minimum Gasteiger partial charge on any atom is -0.236 e. The molecular formula is C20H20N2O2S2. The van der Waals surface area contributed by atoms with Crippen LogP contribution >= 0.6 is 11.3 Å². The predicted molar refractivity (Wildman–Crippen MR) is 107 cm³/mol. The van der Waals surface area contributed by atoms with E-state index in [1.54, 1.807) is 11.3 Å². The summed E-state index contributed by atoms with van der Waals surface area (Å²) >= 11 is 1.61. The summed E-state index contributed by atoms with van der Waals surface area (Å²) in [5, 5.41) is 2.85. The number of aromatic nitrogens is 1. The molecule has 0 atom stereocenters. The molecule has 1 fully saturated rings. The van der Waals surface area contributed by atoms with E-state index in [-0.39, 0.29) is 5.25 Å². The average Bonchev–Trinajstić information content (AvgIpc) is 3.40. The quantitative estimate of drug-likeness (QED) is 0.687. The first kappa shape index (κ1) is 17.4. The summed E-state index contributed by atoms with van der Waals surface area (Å²) in [5.74, 6) is 0. The summed E-state index contributed by atoms with van der Waals surface area (Å²) in [6.07, 6.45) is 1.56. The van der Waals surface area contributed by atoms with E-state index in [1.165, 1.54) is 5.56 Å². The van der Waals surface area contributed by atoms with Gasteiger partial charge < -0.3 is 0 Å². The van der Waals surface area contributed by atoms with Crippen molar-refractivity contribution in [1.82, 2.24) is 9.71 Å². The van der Waals surface area contributed by atoms with Crippen LogP contribution in [-0.2, 0) is 16.6 Å². The standard InChI is InChI=1S/C20H20N2O2S2/c1-14-2-6-16(7-3-14)19-13-25-20(22-19)17-8-4-15(5-9-17)12-21-26(23,24)18-10-11-18/h2-9,13,18,21H,10-12H2,1H3. The number of sulfonamides is 1. The first-order valence-corrected chi connectivity index (χ1v) is 11.0. The van der Waals surface area contributed by atoms with Crippen molar-refractivity contribution < 1.29 is 8.42 Å². The molecule has 0 unspecified atom stereocenters. The first-order chi connectivity index (χ1) is 12.5. The number of aryl methyl sites for hydroxylation is 1. The third-order valence-electron chi connectivity index (χ3n) is 4.49. The molecule has 2 aromatic carbocycles. The van der Waals surface area contributed by atoms with Gasteiger partial charge in [-0.1, -0.05) is 54.1 Å². The molecule has 1 heterocycles. The van der Waals surface area contributed by atoms with Crippen molar-refractivity contribution in [3.8, 4) is 21.8 Å². The van der Waals surface area contributed by atoms with Crippen LogP contribution in [0.1, 0.15) is 24.0 Å². The minimum absolute atomic E-state index is 0.183. The number of benzene rings is 2. The lowest BCUT2D eigenvalue weighted by Gasteiger charge is -2.06. The van der Waals surface area contributed by atoms with Gasteiger partial charge in [-0.25, -0.2) is 18.1 Å². The summed E-state index contributed by atoms with van der Waals surface area (Å²) in [4.78, 5) is 4.73.